The van der Waals surface area contributed by atoms with E-state index in [2.05, 4.69) is 15.1 Å². The fourth-order valence-corrected chi connectivity index (χ4v) is 4.84. The molecule has 0 amide bonds. The third-order valence-corrected chi connectivity index (χ3v) is 7.06. The maximum absolute atomic E-state index is 10.1. The molecule has 0 unspecified atom stereocenters. The molecule has 5 aromatic rings. The largest absolute Gasteiger partial charge is 0.488 e. The zero-order valence-corrected chi connectivity index (χ0v) is 23.3. The van der Waals surface area contributed by atoms with Crippen molar-refractivity contribution >= 4 is 51.5 Å². The molecule has 0 saturated carbocycles. The Hall–Kier alpha value is -4.72. The molecule has 1 N–H and O–H groups in total. The fraction of sp³-hybridized carbons (Fsp3) is 0.0625. The molecule has 0 atom stereocenters. The zero-order chi connectivity index (χ0) is 28.3. The van der Waals surface area contributed by atoms with Crippen molar-refractivity contribution in [2.75, 3.05) is 0 Å². The highest BCUT2D eigenvalue weighted by atomic mass is 35.5. The van der Waals surface area contributed by atoms with Crippen LogP contribution in [-0.2, 0) is 11.3 Å². The topological polar surface area (TPSA) is 89.7 Å². The maximum atomic E-state index is 10.1. The summed E-state index contributed by atoms with van der Waals surface area (Å²) in [6.45, 7) is 2.25. The summed E-state index contributed by atoms with van der Waals surface area (Å²) in [5, 5.41) is 15.3. The average Bonchev–Trinajstić information content (AvgIpc) is 2.98. The summed E-state index contributed by atoms with van der Waals surface area (Å²) in [5.41, 5.74) is 4.56. The van der Waals surface area contributed by atoms with Crippen molar-refractivity contribution in [2.24, 2.45) is 5.16 Å². The molecule has 1 aliphatic heterocycles. The van der Waals surface area contributed by atoms with Gasteiger partial charge in [-0.3, -0.25) is 4.98 Å². The highest BCUT2D eigenvalue weighted by Crippen LogP contribution is 2.41. The number of pyridine rings is 1. The number of benzene rings is 3. The number of halogens is 2. The summed E-state index contributed by atoms with van der Waals surface area (Å²) in [6, 6.07) is 26.1. The quantitative estimate of drug-likeness (QED) is 0.125. The van der Waals surface area contributed by atoms with Gasteiger partial charge in [-0.15, -0.1) is 0 Å². The Balaban J connectivity index is 1.50. The Morgan fingerprint density at radius 1 is 0.951 bits per heavy atom. The number of hydrogen-bond donors (Lipinski definition) is 1. The van der Waals surface area contributed by atoms with E-state index in [-0.39, 0.29) is 16.6 Å². The van der Waals surface area contributed by atoms with Gasteiger partial charge < -0.3 is 14.7 Å². The van der Waals surface area contributed by atoms with Crippen LogP contribution in [0.25, 0.3) is 22.6 Å². The van der Waals surface area contributed by atoms with Crippen LogP contribution in [0.2, 0.25) is 10.2 Å². The second kappa shape index (κ2) is 11.4. The second-order valence-electron chi connectivity index (χ2n) is 9.24. The first-order valence-electron chi connectivity index (χ1n) is 12.7. The lowest BCUT2D eigenvalue weighted by atomic mass is 9.96. The first-order chi connectivity index (χ1) is 20.0. The van der Waals surface area contributed by atoms with E-state index in [4.69, 9.17) is 37.7 Å². The molecule has 1 saturated heterocycles. The number of oxime groups is 1. The van der Waals surface area contributed by atoms with E-state index in [9.17, 15) is 5.21 Å². The summed E-state index contributed by atoms with van der Waals surface area (Å²) >= 11 is 12.7. The van der Waals surface area contributed by atoms with Gasteiger partial charge in [-0.25, -0.2) is 9.97 Å². The number of fused-ring (bicyclic) bond motifs is 1. The molecular weight excluding hydrogens is 559 g/mol. The van der Waals surface area contributed by atoms with E-state index < -0.39 is 0 Å². The first-order valence-corrected chi connectivity index (χ1v) is 13.4. The monoisotopic (exact) mass is 580 g/mol. The van der Waals surface area contributed by atoms with Crippen molar-refractivity contribution in [1.29, 1.82) is 0 Å². The van der Waals surface area contributed by atoms with Gasteiger partial charge in [-0.05, 0) is 54.4 Å². The lowest BCUT2D eigenvalue weighted by Crippen LogP contribution is -2.25. The van der Waals surface area contributed by atoms with Crippen LogP contribution < -0.4 is 4.74 Å². The Labute approximate surface area is 246 Å². The van der Waals surface area contributed by atoms with Gasteiger partial charge in [0.25, 0.3) is 0 Å². The molecular formula is C32H22Cl2N4O3. The van der Waals surface area contributed by atoms with Crippen LogP contribution in [0.3, 0.4) is 0 Å². The minimum atomic E-state index is 0.225. The smallest absolute Gasteiger partial charge is 0.188 e. The average molecular weight is 581 g/mol. The number of ether oxygens (including phenoxy) is 2. The van der Waals surface area contributed by atoms with Crippen LogP contribution in [0.5, 0.6) is 5.75 Å². The second-order valence-corrected chi connectivity index (χ2v) is 10.0. The maximum Gasteiger partial charge on any atom is 0.188 e. The SMILES string of the molecule is Cc1cccc2c(Cl)nc(\C(=C3/OC(=C\c4ccccn4)/C3=N\O)c3ccccc3OCc3ccc(Cl)cc3)nc12. The lowest BCUT2D eigenvalue weighted by molar-refractivity contribution is 0.275. The van der Waals surface area contributed by atoms with Crippen LogP contribution in [0.1, 0.15) is 28.2 Å². The lowest BCUT2D eigenvalue weighted by Gasteiger charge is -2.27. The molecule has 7 nitrogen and oxygen atoms in total. The molecule has 3 heterocycles. The fourth-order valence-electron chi connectivity index (χ4n) is 4.48. The van der Waals surface area contributed by atoms with E-state index >= 15 is 0 Å². The molecule has 1 fully saturated rings. The Morgan fingerprint density at radius 3 is 2.54 bits per heavy atom. The standard InChI is InChI=1S/C32H22Cl2N4O3/c1-19-7-6-10-24-28(19)36-32(37-31(24)34)27(30-29(38-39)26(41-30)17-22-8-4-5-16-35-22)23-9-2-3-11-25(23)40-18-20-12-14-21(33)15-13-20/h2-17,39H,18H2,1H3/b26-17-,30-27-,38-29+. The molecule has 0 aliphatic carbocycles. The summed E-state index contributed by atoms with van der Waals surface area (Å²) in [5.74, 6) is 1.48. The molecule has 2 aromatic heterocycles. The van der Waals surface area contributed by atoms with E-state index in [0.29, 0.717) is 51.3 Å². The van der Waals surface area contributed by atoms with Crippen molar-refractivity contribution < 1.29 is 14.7 Å². The third-order valence-electron chi connectivity index (χ3n) is 6.52. The molecule has 41 heavy (non-hydrogen) atoms. The van der Waals surface area contributed by atoms with Crippen LogP contribution >= 0.6 is 23.2 Å². The zero-order valence-electron chi connectivity index (χ0n) is 21.8. The number of para-hydroxylation sites is 2. The molecule has 0 bridgehead atoms. The van der Waals surface area contributed by atoms with Gasteiger partial charge >= 0.3 is 0 Å². The van der Waals surface area contributed by atoms with Crippen molar-refractivity contribution in [3.05, 3.63) is 141 Å². The molecule has 6 rings (SSSR count). The van der Waals surface area contributed by atoms with E-state index in [0.717, 1.165) is 16.5 Å². The van der Waals surface area contributed by atoms with Crippen molar-refractivity contribution in [1.82, 2.24) is 15.0 Å². The minimum Gasteiger partial charge on any atom is -0.488 e. The number of nitrogens with zero attached hydrogens (tertiary/aromatic N) is 4. The first kappa shape index (κ1) is 26.5. The summed E-state index contributed by atoms with van der Waals surface area (Å²) in [7, 11) is 0. The highest BCUT2D eigenvalue weighted by Gasteiger charge is 2.36. The van der Waals surface area contributed by atoms with Gasteiger partial charge in [0.15, 0.2) is 23.1 Å². The van der Waals surface area contributed by atoms with Gasteiger partial charge in [-0.1, -0.05) is 76.9 Å². The van der Waals surface area contributed by atoms with Crippen molar-refractivity contribution in [2.45, 2.75) is 13.5 Å². The van der Waals surface area contributed by atoms with Crippen molar-refractivity contribution in [3.63, 3.8) is 0 Å². The van der Waals surface area contributed by atoms with Crippen LogP contribution in [0.15, 0.2) is 108 Å². The Bertz CT molecular complexity index is 1850. The van der Waals surface area contributed by atoms with E-state index in [1.165, 1.54) is 0 Å². The summed E-state index contributed by atoms with van der Waals surface area (Å²) in [6.07, 6.45) is 3.36. The minimum absolute atomic E-state index is 0.225. The molecule has 1 aliphatic rings. The number of hydrogen-bond acceptors (Lipinski definition) is 7. The van der Waals surface area contributed by atoms with Gasteiger partial charge in [0, 0.05) is 28.2 Å². The van der Waals surface area contributed by atoms with Gasteiger partial charge in [0.05, 0.1) is 16.8 Å². The van der Waals surface area contributed by atoms with Crippen LogP contribution in [-0.4, -0.2) is 25.9 Å². The van der Waals surface area contributed by atoms with Gasteiger partial charge in [0.2, 0.25) is 0 Å². The predicted molar refractivity (Wildman–Crippen MR) is 160 cm³/mol. The Kier molecular flexibility index (Phi) is 7.37. The summed E-state index contributed by atoms with van der Waals surface area (Å²) < 4.78 is 12.4. The summed E-state index contributed by atoms with van der Waals surface area (Å²) in [4.78, 5) is 13.8. The highest BCUT2D eigenvalue weighted by molar-refractivity contribution is 6.34. The molecule has 0 radical (unpaired) electrons. The molecule has 0 spiro atoms. The van der Waals surface area contributed by atoms with Crippen LogP contribution in [0, 0.1) is 6.92 Å². The van der Waals surface area contributed by atoms with Gasteiger partial charge in [0.1, 0.15) is 17.5 Å². The number of rotatable bonds is 6. The Morgan fingerprint density at radius 2 is 1.76 bits per heavy atom. The molecule has 3 aromatic carbocycles. The molecule has 202 valence electrons. The van der Waals surface area contributed by atoms with Crippen LogP contribution in [0.4, 0.5) is 0 Å². The van der Waals surface area contributed by atoms with E-state index in [1.54, 1.807) is 12.3 Å². The van der Waals surface area contributed by atoms with Gasteiger partial charge in [-0.2, -0.15) is 0 Å². The predicted octanol–water partition coefficient (Wildman–Crippen LogP) is 7.88. The molecule has 9 heteroatoms. The number of aromatic nitrogens is 3. The van der Waals surface area contributed by atoms with Crippen molar-refractivity contribution in [3.8, 4) is 5.75 Å². The third kappa shape index (κ3) is 5.37. The number of aryl methyl sites for hydroxylation is 1. The normalized spacial score (nSPS) is 16.0. The van der Waals surface area contributed by atoms with E-state index in [1.807, 2.05) is 91.9 Å².